The molecule has 0 atom stereocenters. The lowest BCUT2D eigenvalue weighted by molar-refractivity contribution is -0.117. The van der Waals surface area contributed by atoms with E-state index in [2.05, 4.69) is 32.0 Å². The number of ketones is 1. The van der Waals surface area contributed by atoms with E-state index in [1.165, 1.54) is 11.1 Å². The summed E-state index contributed by atoms with van der Waals surface area (Å²) in [6.07, 6.45) is 1.10. The van der Waals surface area contributed by atoms with Crippen LogP contribution in [0.2, 0.25) is 0 Å². The van der Waals surface area contributed by atoms with Crippen LogP contribution in [0, 0.1) is 13.8 Å². The molecule has 0 N–H and O–H groups in total. The number of aryl methyl sites for hydroxylation is 2. The molecule has 1 heterocycles. The molecule has 0 spiro atoms. The minimum Gasteiger partial charge on any atom is -0.299 e. The minimum atomic E-state index is 0.288. The number of rotatable bonds is 4. The van der Waals surface area contributed by atoms with Gasteiger partial charge < -0.3 is 0 Å². The summed E-state index contributed by atoms with van der Waals surface area (Å²) >= 11 is 1.65. The highest BCUT2D eigenvalue weighted by Crippen LogP contribution is 2.13. The molecule has 0 unspecified atom stereocenters. The smallest absolute Gasteiger partial charge is 0.142 e. The summed E-state index contributed by atoms with van der Waals surface area (Å²) in [5.41, 5.74) is 3.65. The van der Waals surface area contributed by atoms with E-state index in [0.29, 0.717) is 12.8 Å². The van der Waals surface area contributed by atoms with Gasteiger partial charge in [0.1, 0.15) is 5.78 Å². The molecule has 1 aromatic carbocycles. The first-order valence-corrected chi connectivity index (χ1v) is 6.63. The second kappa shape index (κ2) is 5.28. The molecule has 0 saturated heterocycles. The van der Waals surface area contributed by atoms with E-state index in [4.69, 9.17) is 0 Å². The van der Waals surface area contributed by atoms with Crippen LogP contribution in [0.25, 0.3) is 0 Å². The molecule has 0 aliphatic rings. The van der Waals surface area contributed by atoms with Gasteiger partial charge in [-0.25, -0.2) is 0 Å². The molecule has 88 valence electrons. The van der Waals surface area contributed by atoms with Crippen LogP contribution in [0.4, 0.5) is 0 Å². The van der Waals surface area contributed by atoms with Crippen molar-refractivity contribution in [2.24, 2.45) is 0 Å². The molecule has 0 saturated carbocycles. The van der Waals surface area contributed by atoms with Crippen LogP contribution in [0.15, 0.2) is 35.7 Å². The highest BCUT2D eigenvalue weighted by atomic mass is 32.1. The van der Waals surface area contributed by atoms with E-state index in [0.717, 1.165) is 10.4 Å². The van der Waals surface area contributed by atoms with Gasteiger partial charge >= 0.3 is 0 Å². The van der Waals surface area contributed by atoms with Crippen molar-refractivity contribution in [3.8, 4) is 0 Å². The first-order chi connectivity index (χ1) is 8.15. The average Bonchev–Trinajstić information content (AvgIpc) is 2.76. The Kier molecular flexibility index (Phi) is 3.75. The fourth-order valence-electron chi connectivity index (χ4n) is 1.81. The SMILES string of the molecule is Cc1ccc(CC(=O)Cc2cccs2)cc1C. The summed E-state index contributed by atoms with van der Waals surface area (Å²) < 4.78 is 0. The Bertz CT molecular complexity index is 512. The third-order valence-corrected chi connectivity index (χ3v) is 3.80. The number of Topliss-reactive ketones (excluding diaryl/α,β-unsaturated/α-hetero) is 1. The number of thiophene rings is 1. The maximum atomic E-state index is 11.9. The average molecular weight is 244 g/mol. The Hall–Kier alpha value is -1.41. The first-order valence-electron chi connectivity index (χ1n) is 5.75. The Morgan fingerprint density at radius 3 is 2.59 bits per heavy atom. The van der Waals surface area contributed by atoms with Crippen molar-refractivity contribution in [1.29, 1.82) is 0 Å². The van der Waals surface area contributed by atoms with Gasteiger partial charge in [-0.1, -0.05) is 24.3 Å². The molecule has 2 heteroatoms. The number of hydrogen-bond donors (Lipinski definition) is 0. The normalized spacial score (nSPS) is 10.5. The van der Waals surface area contributed by atoms with Gasteiger partial charge in [-0.2, -0.15) is 0 Å². The summed E-state index contributed by atoms with van der Waals surface area (Å²) in [5, 5.41) is 2.01. The summed E-state index contributed by atoms with van der Waals surface area (Å²) in [6, 6.07) is 10.3. The molecule has 17 heavy (non-hydrogen) atoms. The third kappa shape index (κ3) is 3.27. The van der Waals surface area contributed by atoms with E-state index >= 15 is 0 Å². The van der Waals surface area contributed by atoms with E-state index in [1.54, 1.807) is 11.3 Å². The Morgan fingerprint density at radius 2 is 1.94 bits per heavy atom. The molecule has 0 aliphatic heterocycles. The Morgan fingerprint density at radius 1 is 1.12 bits per heavy atom. The second-order valence-electron chi connectivity index (χ2n) is 4.39. The topological polar surface area (TPSA) is 17.1 Å². The molecule has 0 bridgehead atoms. The number of hydrogen-bond acceptors (Lipinski definition) is 2. The lowest BCUT2D eigenvalue weighted by Gasteiger charge is -2.04. The highest BCUT2D eigenvalue weighted by molar-refractivity contribution is 7.10. The zero-order valence-corrected chi connectivity index (χ0v) is 11.0. The van der Waals surface area contributed by atoms with Gasteiger partial charge in [-0.05, 0) is 42.0 Å². The summed E-state index contributed by atoms with van der Waals surface area (Å²) in [7, 11) is 0. The van der Waals surface area contributed by atoms with Crippen molar-refractivity contribution in [3.05, 3.63) is 57.3 Å². The van der Waals surface area contributed by atoms with Crippen LogP contribution in [0.1, 0.15) is 21.6 Å². The van der Waals surface area contributed by atoms with Crippen LogP contribution in [0.3, 0.4) is 0 Å². The van der Waals surface area contributed by atoms with E-state index in [1.807, 2.05) is 17.5 Å². The molecule has 1 nitrogen and oxygen atoms in total. The zero-order valence-electron chi connectivity index (χ0n) is 10.2. The number of carbonyl (C=O) groups excluding carboxylic acids is 1. The van der Waals surface area contributed by atoms with Gasteiger partial charge in [0.2, 0.25) is 0 Å². The highest BCUT2D eigenvalue weighted by Gasteiger charge is 2.06. The van der Waals surface area contributed by atoms with Crippen molar-refractivity contribution < 1.29 is 4.79 Å². The van der Waals surface area contributed by atoms with Crippen LogP contribution in [-0.2, 0) is 17.6 Å². The number of benzene rings is 1. The van der Waals surface area contributed by atoms with E-state index < -0.39 is 0 Å². The van der Waals surface area contributed by atoms with Gasteiger partial charge in [-0.15, -0.1) is 11.3 Å². The predicted octanol–water partition coefficient (Wildman–Crippen LogP) is 3.72. The largest absolute Gasteiger partial charge is 0.299 e. The maximum absolute atomic E-state index is 11.9. The van der Waals surface area contributed by atoms with Crippen molar-refractivity contribution in [1.82, 2.24) is 0 Å². The molecule has 0 aliphatic carbocycles. The third-order valence-electron chi connectivity index (χ3n) is 2.92. The molecule has 2 aromatic rings. The Balaban J connectivity index is 2.00. The summed E-state index contributed by atoms with van der Waals surface area (Å²) in [5.74, 6) is 0.288. The van der Waals surface area contributed by atoms with Crippen LogP contribution in [-0.4, -0.2) is 5.78 Å². The lowest BCUT2D eigenvalue weighted by Crippen LogP contribution is -2.05. The second-order valence-corrected chi connectivity index (χ2v) is 5.42. The van der Waals surface area contributed by atoms with Gasteiger partial charge in [0.15, 0.2) is 0 Å². The van der Waals surface area contributed by atoms with Crippen molar-refractivity contribution in [3.63, 3.8) is 0 Å². The van der Waals surface area contributed by atoms with Crippen LogP contribution in [0.5, 0.6) is 0 Å². The Labute approximate surface area is 106 Å². The quantitative estimate of drug-likeness (QED) is 0.801. The molecule has 0 amide bonds. The molecular weight excluding hydrogens is 228 g/mol. The molecular formula is C15H16OS. The van der Waals surface area contributed by atoms with Gasteiger partial charge in [0.25, 0.3) is 0 Å². The fraction of sp³-hybridized carbons (Fsp3) is 0.267. The van der Waals surface area contributed by atoms with Gasteiger partial charge in [0.05, 0.1) is 0 Å². The van der Waals surface area contributed by atoms with E-state index in [-0.39, 0.29) is 5.78 Å². The summed E-state index contributed by atoms with van der Waals surface area (Å²) in [6.45, 7) is 4.18. The van der Waals surface area contributed by atoms with Gasteiger partial charge in [0, 0.05) is 17.7 Å². The van der Waals surface area contributed by atoms with Gasteiger partial charge in [-0.3, -0.25) is 4.79 Å². The molecule has 0 radical (unpaired) electrons. The first kappa shape index (κ1) is 12.1. The minimum absolute atomic E-state index is 0.288. The fourth-order valence-corrected chi connectivity index (χ4v) is 2.54. The maximum Gasteiger partial charge on any atom is 0.142 e. The van der Waals surface area contributed by atoms with Crippen LogP contribution < -0.4 is 0 Å². The van der Waals surface area contributed by atoms with Crippen LogP contribution >= 0.6 is 11.3 Å². The van der Waals surface area contributed by atoms with E-state index in [9.17, 15) is 4.79 Å². The zero-order chi connectivity index (χ0) is 12.3. The lowest BCUT2D eigenvalue weighted by atomic mass is 10.0. The predicted molar refractivity (Wildman–Crippen MR) is 72.7 cm³/mol. The molecule has 1 aromatic heterocycles. The van der Waals surface area contributed by atoms with Crippen molar-refractivity contribution in [2.45, 2.75) is 26.7 Å². The molecule has 0 fully saturated rings. The number of carbonyl (C=O) groups is 1. The standard InChI is InChI=1S/C15H16OS/c1-11-5-6-13(8-12(11)2)9-14(16)10-15-4-3-7-17-15/h3-8H,9-10H2,1-2H3. The van der Waals surface area contributed by atoms with Crippen molar-refractivity contribution >= 4 is 17.1 Å². The monoisotopic (exact) mass is 244 g/mol. The summed E-state index contributed by atoms with van der Waals surface area (Å²) in [4.78, 5) is 13.0. The molecule has 2 rings (SSSR count). The van der Waals surface area contributed by atoms with Crippen molar-refractivity contribution in [2.75, 3.05) is 0 Å².